The Morgan fingerprint density at radius 2 is 2.00 bits per heavy atom. The topological polar surface area (TPSA) is 66.6 Å². The summed E-state index contributed by atoms with van der Waals surface area (Å²) in [4.78, 5) is 13.1. The van der Waals surface area contributed by atoms with E-state index in [2.05, 4.69) is 4.90 Å². The summed E-state index contributed by atoms with van der Waals surface area (Å²) >= 11 is 0. The van der Waals surface area contributed by atoms with Crippen LogP contribution >= 0.6 is 0 Å². The number of piperidine rings is 1. The molecule has 4 heteroatoms. The van der Waals surface area contributed by atoms with Gasteiger partial charge in [-0.2, -0.15) is 0 Å². The van der Waals surface area contributed by atoms with Crippen molar-refractivity contribution in [1.82, 2.24) is 4.90 Å². The smallest absolute Gasteiger partial charge is 0.305 e. The molecular formula is C10H18N2O2. The molecule has 80 valence electrons. The van der Waals surface area contributed by atoms with Crippen molar-refractivity contribution >= 4 is 5.97 Å². The average Bonchev–Trinajstić information content (AvgIpc) is 2.86. The number of carboxylic acids is 1. The van der Waals surface area contributed by atoms with E-state index in [0.29, 0.717) is 0 Å². The van der Waals surface area contributed by atoms with Gasteiger partial charge >= 0.3 is 5.97 Å². The van der Waals surface area contributed by atoms with Gasteiger partial charge in [-0.15, -0.1) is 0 Å². The summed E-state index contributed by atoms with van der Waals surface area (Å²) in [6.45, 7) is 1.96. The molecule has 2 rings (SSSR count). The van der Waals surface area contributed by atoms with Crippen molar-refractivity contribution in [3.8, 4) is 0 Å². The van der Waals surface area contributed by atoms with Crippen molar-refractivity contribution in [3.05, 3.63) is 0 Å². The zero-order valence-electron chi connectivity index (χ0n) is 8.41. The molecule has 0 atom stereocenters. The van der Waals surface area contributed by atoms with E-state index in [0.717, 1.165) is 32.0 Å². The predicted octanol–water partition coefficient (Wildman–Crippen LogP) is 0.417. The predicted molar refractivity (Wildman–Crippen MR) is 53.0 cm³/mol. The van der Waals surface area contributed by atoms with Gasteiger partial charge in [-0.3, -0.25) is 4.79 Å². The third-order valence-corrected chi connectivity index (χ3v) is 3.36. The number of hydrogen-bond donors (Lipinski definition) is 2. The molecule has 0 spiro atoms. The molecule has 2 aliphatic rings. The van der Waals surface area contributed by atoms with Crippen molar-refractivity contribution in [3.63, 3.8) is 0 Å². The Labute approximate surface area is 84.1 Å². The van der Waals surface area contributed by atoms with Crippen LogP contribution in [0.2, 0.25) is 0 Å². The minimum absolute atomic E-state index is 0.117. The molecule has 0 aromatic rings. The molecule has 2 fully saturated rings. The number of carbonyl (C=O) groups is 1. The second-order valence-electron chi connectivity index (χ2n) is 4.70. The molecule has 1 aliphatic carbocycles. The maximum Gasteiger partial charge on any atom is 0.305 e. The van der Waals surface area contributed by atoms with Gasteiger partial charge in [0.15, 0.2) is 0 Å². The first-order chi connectivity index (χ1) is 6.59. The van der Waals surface area contributed by atoms with Gasteiger partial charge in [-0.05, 0) is 25.7 Å². The van der Waals surface area contributed by atoms with Crippen LogP contribution in [-0.4, -0.2) is 40.6 Å². The average molecular weight is 198 g/mol. The second-order valence-corrected chi connectivity index (χ2v) is 4.70. The molecule has 1 saturated carbocycles. The highest BCUT2D eigenvalue weighted by atomic mass is 16.4. The van der Waals surface area contributed by atoms with Crippen molar-refractivity contribution < 1.29 is 9.90 Å². The quantitative estimate of drug-likeness (QED) is 0.689. The Morgan fingerprint density at radius 3 is 2.43 bits per heavy atom. The molecule has 0 amide bonds. The Hall–Kier alpha value is -0.610. The van der Waals surface area contributed by atoms with Gasteiger partial charge in [0.2, 0.25) is 0 Å². The van der Waals surface area contributed by atoms with Gasteiger partial charge in [0.25, 0.3) is 0 Å². The Morgan fingerprint density at radius 1 is 1.43 bits per heavy atom. The van der Waals surface area contributed by atoms with Gasteiger partial charge in [0.1, 0.15) is 0 Å². The van der Waals surface area contributed by atoms with E-state index in [4.69, 9.17) is 10.8 Å². The highest BCUT2D eigenvalue weighted by Crippen LogP contribution is 2.32. The van der Waals surface area contributed by atoms with Gasteiger partial charge in [-0.25, -0.2) is 0 Å². The molecule has 14 heavy (non-hydrogen) atoms. The molecule has 4 nitrogen and oxygen atoms in total. The summed E-state index contributed by atoms with van der Waals surface area (Å²) in [7, 11) is 0. The van der Waals surface area contributed by atoms with Crippen LogP contribution in [0.5, 0.6) is 0 Å². The molecule has 0 aromatic carbocycles. The fraction of sp³-hybridized carbons (Fsp3) is 0.900. The lowest BCUT2D eigenvalue weighted by Crippen LogP contribution is -2.51. The minimum atomic E-state index is -0.771. The highest BCUT2D eigenvalue weighted by molar-refractivity contribution is 5.68. The number of nitrogens with two attached hydrogens (primary N) is 1. The van der Waals surface area contributed by atoms with Crippen LogP contribution in [0.1, 0.15) is 32.1 Å². The van der Waals surface area contributed by atoms with Gasteiger partial charge in [0, 0.05) is 24.7 Å². The number of likely N-dealkylation sites (tertiary alicyclic amines) is 1. The molecule has 1 saturated heterocycles. The van der Waals surface area contributed by atoms with E-state index in [1.165, 1.54) is 12.8 Å². The zero-order valence-corrected chi connectivity index (χ0v) is 8.41. The number of nitrogens with zero attached hydrogens (tertiary/aromatic N) is 1. The lowest BCUT2D eigenvalue weighted by molar-refractivity contribution is -0.138. The van der Waals surface area contributed by atoms with Crippen LogP contribution < -0.4 is 5.73 Å². The van der Waals surface area contributed by atoms with Crippen LogP contribution in [0, 0.1) is 0 Å². The largest absolute Gasteiger partial charge is 0.481 e. The van der Waals surface area contributed by atoms with Crippen molar-refractivity contribution in [2.75, 3.05) is 13.1 Å². The normalized spacial score (nSPS) is 27.5. The highest BCUT2D eigenvalue weighted by Gasteiger charge is 2.37. The van der Waals surface area contributed by atoms with E-state index in [9.17, 15) is 4.79 Å². The number of rotatable bonds is 3. The van der Waals surface area contributed by atoms with Gasteiger partial charge in [0.05, 0.1) is 6.42 Å². The lowest BCUT2D eigenvalue weighted by atomic mass is 9.85. The standard InChI is InChI=1S/C10H18N2O2/c11-10(7-9(13)14)3-5-12(6-4-10)8-1-2-8/h8H,1-7,11H2,(H,13,14). The molecule has 1 aliphatic heterocycles. The fourth-order valence-corrected chi connectivity index (χ4v) is 2.25. The van der Waals surface area contributed by atoms with Crippen LogP contribution in [0.3, 0.4) is 0 Å². The van der Waals surface area contributed by atoms with Crippen molar-refractivity contribution in [1.29, 1.82) is 0 Å². The van der Waals surface area contributed by atoms with Crippen molar-refractivity contribution in [2.24, 2.45) is 5.73 Å². The number of carboxylic acid groups (broad SMARTS) is 1. The van der Waals surface area contributed by atoms with Crippen LogP contribution in [-0.2, 0) is 4.79 Å². The SMILES string of the molecule is NC1(CC(=O)O)CCN(C2CC2)CC1. The molecule has 0 aromatic heterocycles. The third kappa shape index (κ3) is 2.25. The maximum atomic E-state index is 10.6. The van der Waals surface area contributed by atoms with Crippen LogP contribution in [0.25, 0.3) is 0 Å². The zero-order chi connectivity index (χ0) is 10.2. The summed E-state index contributed by atoms with van der Waals surface area (Å²) in [5, 5.41) is 8.72. The fourth-order valence-electron chi connectivity index (χ4n) is 2.25. The Balaban J connectivity index is 1.83. The first-order valence-electron chi connectivity index (χ1n) is 5.34. The second kappa shape index (κ2) is 3.51. The van der Waals surface area contributed by atoms with E-state index < -0.39 is 11.5 Å². The molecule has 0 radical (unpaired) electrons. The molecular weight excluding hydrogens is 180 g/mol. The summed E-state index contributed by atoms with van der Waals surface area (Å²) in [5.41, 5.74) is 5.59. The molecule has 1 heterocycles. The monoisotopic (exact) mass is 198 g/mol. The number of hydrogen-bond acceptors (Lipinski definition) is 3. The van der Waals surface area contributed by atoms with Crippen LogP contribution in [0.15, 0.2) is 0 Å². The minimum Gasteiger partial charge on any atom is -0.481 e. The maximum absolute atomic E-state index is 10.6. The van der Waals surface area contributed by atoms with E-state index in [1.807, 2.05) is 0 Å². The third-order valence-electron chi connectivity index (χ3n) is 3.36. The molecule has 0 unspecified atom stereocenters. The molecule has 0 bridgehead atoms. The summed E-state index contributed by atoms with van der Waals surface area (Å²) < 4.78 is 0. The van der Waals surface area contributed by atoms with E-state index >= 15 is 0 Å². The summed E-state index contributed by atoms with van der Waals surface area (Å²) in [6.07, 6.45) is 4.41. The van der Waals surface area contributed by atoms with E-state index in [-0.39, 0.29) is 6.42 Å². The summed E-state index contributed by atoms with van der Waals surface area (Å²) in [5.74, 6) is -0.771. The first kappa shape index (κ1) is 9.93. The Kier molecular flexibility index (Phi) is 2.49. The lowest BCUT2D eigenvalue weighted by Gasteiger charge is -2.38. The number of aliphatic carboxylic acids is 1. The van der Waals surface area contributed by atoms with Crippen molar-refractivity contribution in [2.45, 2.75) is 43.7 Å². The molecule has 3 N–H and O–H groups in total. The van der Waals surface area contributed by atoms with E-state index in [1.54, 1.807) is 0 Å². The van der Waals surface area contributed by atoms with Crippen LogP contribution in [0.4, 0.5) is 0 Å². The summed E-state index contributed by atoms with van der Waals surface area (Å²) in [6, 6.07) is 0.782. The van der Waals surface area contributed by atoms with Gasteiger partial charge < -0.3 is 15.7 Å². The Bertz CT molecular complexity index is 230. The van der Waals surface area contributed by atoms with Gasteiger partial charge in [-0.1, -0.05) is 0 Å². The first-order valence-corrected chi connectivity index (χ1v) is 5.34.